The van der Waals surface area contributed by atoms with Gasteiger partial charge < -0.3 is 0 Å². The van der Waals surface area contributed by atoms with Crippen molar-refractivity contribution in [2.75, 3.05) is 19.3 Å². The Kier molecular flexibility index (Phi) is 2.52. The Morgan fingerprint density at radius 2 is 2.20 bits per heavy atom. The van der Waals surface area contributed by atoms with E-state index in [-0.39, 0.29) is 13.0 Å². The molecule has 60 valence electrons. The smallest absolute Gasteiger partial charge is 0.245 e. The van der Waals surface area contributed by atoms with Crippen molar-refractivity contribution in [3.05, 3.63) is 0 Å². The molecular formula is C6H11F2NS. The Morgan fingerprint density at radius 1 is 1.50 bits per heavy atom. The third-order valence-electron chi connectivity index (χ3n) is 1.62. The lowest BCUT2D eigenvalue weighted by atomic mass is 10.1. The predicted molar refractivity (Wildman–Crippen MR) is 39.3 cm³/mol. The van der Waals surface area contributed by atoms with Crippen LogP contribution in [0.3, 0.4) is 0 Å². The largest absolute Gasteiger partial charge is 0.261 e. The zero-order valence-electron chi connectivity index (χ0n) is 5.94. The van der Waals surface area contributed by atoms with Gasteiger partial charge in [-0.15, -0.1) is 0 Å². The van der Waals surface area contributed by atoms with Gasteiger partial charge >= 0.3 is 0 Å². The molecule has 10 heavy (non-hydrogen) atoms. The molecule has 0 aliphatic carbocycles. The Bertz CT molecular complexity index is 118. The van der Waals surface area contributed by atoms with Crippen LogP contribution in [0.2, 0.25) is 0 Å². The number of rotatable bonds is 1. The first-order valence-corrected chi connectivity index (χ1v) is 4.49. The third kappa shape index (κ3) is 2.09. The van der Waals surface area contributed by atoms with Crippen LogP contribution < -0.4 is 0 Å². The molecule has 0 spiro atoms. The van der Waals surface area contributed by atoms with Gasteiger partial charge in [0.1, 0.15) is 0 Å². The molecule has 1 aliphatic rings. The summed E-state index contributed by atoms with van der Waals surface area (Å²) in [6.07, 6.45) is 2.51. The zero-order chi connectivity index (χ0) is 7.61. The van der Waals surface area contributed by atoms with Crippen molar-refractivity contribution in [2.24, 2.45) is 0 Å². The SMILES string of the molecule is CSN1CCCC(F)(F)C1. The van der Waals surface area contributed by atoms with Crippen molar-refractivity contribution in [1.29, 1.82) is 0 Å². The second-order valence-corrected chi connectivity index (χ2v) is 3.39. The van der Waals surface area contributed by atoms with Gasteiger partial charge in [0.05, 0.1) is 6.54 Å². The number of halogens is 2. The molecule has 0 saturated carbocycles. The summed E-state index contributed by atoms with van der Waals surface area (Å²) in [4.78, 5) is 0. The first kappa shape index (κ1) is 8.27. The molecule has 0 atom stereocenters. The standard InChI is InChI=1S/C6H11F2NS/c1-10-9-4-2-3-6(7,8)5-9/h2-5H2,1H3. The molecule has 1 rings (SSSR count). The monoisotopic (exact) mass is 167 g/mol. The highest BCUT2D eigenvalue weighted by Gasteiger charge is 2.34. The number of piperidine rings is 1. The van der Waals surface area contributed by atoms with Gasteiger partial charge in [-0.1, -0.05) is 11.9 Å². The summed E-state index contributed by atoms with van der Waals surface area (Å²) in [5, 5.41) is 0. The van der Waals surface area contributed by atoms with Crippen LogP contribution in [-0.2, 0) is 0 Å². The van der Waals surface area contributed by atoms with Crippen LogP contribution in [-0.4, -0.2) is 29.6 Å². The maximum atomic E-state index is 12.6. The van der Waals surface area contributed by atoms with Gasteiger partial charge in [-0.3, -0.25) is 0 Å². The molecule has 1 aliphatic heterocycles. The Balaban J connectivity index is 2.40. The topological polar surface area (TPSA) is 3.24 Å². The van der Waals surface area contributed by atoms with E-state index in [1.54, 1.807) is 4.31 Å². The van der Waals surface area contributed by atoms with Gasteiger partial charge in [0.15, 0.2) is 0 Å². The first-order chi connectivity index (χ1) is 4.64. The molecule has 0 bridgehead atoms. The van der Waals surface area contributed by atoms with Crippen molar-refractivity contribution in [1.82, 2.24) is 4.31 Å². The molecule has 0 aromatic carbocycles. The molecule has 0 N–H and O–H groups in total. The minimum Gasteiger partial charge on any atom is -0.245 e. The summed E-state index contributed by atoms with van der Waals surface area (Å²) in [6, 6.07) is 0. The quantitative estimate of drug-likeness (QED) is 0.549. The van der Waals surface area contributed by atoms with Crippen LogP contribution in [0.15, 0.2) is 0 Å². The van der Waals surface area contributed by atoms with Crippen LogP contribution in [0.1, 0.15) is 12.8 Å². The number of hydrogen-bond donors (Lipinski definition) is 0. The van der Waals surface area contributed by atoms with E-state index in [0.717, 1.165) is 6.54 Å². The van der Waals surface area contributed by atoms with E-state index in [0.29, 0.717) is 6.42 Å². The molecule has 0 aromatic rings. The van der Waals surface area contributed by atoms with Crippen LogP contribution >= 0.6 is 11.9 Å². The van der Waals surface area contributed by atoms with Gasteiger partial charge in [0.25, 0.3) is 5.92 Å². The fraction of sp³-hybridized carbons (Fsp3) is 1.00. The summed E-state index contributed by atoms with van der Waals surface area (Å²) in [5.41, 5.74) is 0. The maximum Gasteiger partial charge on any atom is 0.261 e. The van der Waals surface area contributed by atoms with Crippen LogP contribution in [0.25, 0.3) is 0 Å². The average Bonchev–Trinajstić information content (AvgIpc) is 1.86. The van der Waals surface area contributed by atoms with E-state index in [1.807, 2.05) is 6.26 Å². The molecule has 1 saturated heterocycles. The van der Waals surface area contributed by atoms with Crippen molar-refractivity contribution in [3.8, 4) is 0 Å². The lowest BCUT2D eigenvalue weighted by Gasteiger charge is -2.30. The molecule has 1 nitrogen and oxygen atoms in total. The lowest BCUT2D eigenvalue weighted by Crippen LogP contribution is -2.38. The fourth-order valence-corrected chi connectivity index (χ4v) is 1.72. The molecule has 0 radical (unpaired) electrons. The van der Waals surface area contributed by atoms with Gasteiger partial charge in [0, 0.05) is 13.0 Å². The van der Waals surface area contributed by atoms with E-state index >= 15 is 0 Å². The predicted octanol–water partition coefficient (Wildman–Crippen LogP) is 2.00. The van der Waals surface area contributed by atoms with Crippen LogP contribution in [0, 0.1) is 0 Å². The molecule has 0 aromatic heterocycles. The normalized spacial score (nSPS) is 26.7. The van der Waals surface area contributed by atoms with Crippen molar-refractivity contribution >= 4 is 11.9 Å². The minimum absolute atomic E-state index is 0.0596. The molecule has 1 fully saturated rings. The molecule has 1 heterocycles. The number of nitrogens with zero attached hydrogens (tertiary/aromatic N) is 1. The highest BCUT2D eigenvalue weighted by molar-refractivity contribution is 7.96. The maximum absolute atomic E-state index is 12.6. The van der Waals surface area contributed by atoms with Gasteiger partial charge in [-0.25, -0.2) is 13.1 Å². The Hall–Kier alpha value is 0.170. The minimum atomic E-state index is -2.44. The van der Waals surface area contributed by atoms with Gasteiger partial charge in [-0.2, -0.15) is 0 Å². The van der Waals surface area contributed by atoms with Crippen molar-refractivity contribution in [2.45, 2.75) is 18.8 Å². The highest BCUT2D eigenvalue weighted by atomic mass is 32.2. The van der Waals surface area contributed by atoms with E-state index in [1.165, 1.54) is 11.9 Å². The number of alkyl halides is 2. The molecule has 4 heteroatoms. The molecule has 0 amide bonds. The highest BCUT2D eigenvalue weighted by Crippen LogP contribution is 2.28. The van der Waals surface area contributed by atoms with Gasteiger partial charge in [-0.05, 0) is 12.7 Å². The first-order valence-electron chi connectivity index (χ1n) is 3.31. The van der Waals surface area contributed by atoms with E-state index in [4.69, 9.17) is 0 Å². The average molecular weight is 167 g/mol. The summed E-state index contributed by atoms with van der Waals surface area (Å²) in [7, 11) is 0. The van der Waals surface area contributed by atoms with Crippen molar-refractivity contribution < 1.29 is 8.78 Å². The second-order valence-electron chi connectivity index (χ2n) is 2.51. The lowest BCUT2D eigenvalue weighted by molar-refractivity contribution is -0.0410. The Labute approximate surface area is 63.9 Å². The summed E-state index contributed by atoms with van der Waals surface area (Å²) < 4.78 is 26.9. The Morgan fingerprint density at radius 3 is 2.60 bits per heavy atom. The fourth-order valence-electron chi connectivity index (χ4n) is 1.09. The van der Waals surface area contributed by atoms with E-state index in [9.17, 15) is 8.78 Å². The second kappa shape index (κ2) is 3.05. The molecule has 0 unspecified atom stereocenters. The van der Waals surface area contributed by atoms with E-state index < -0.39 is 5.92 Å². The zero-order valence-corrected chi connectivity index (χ0v) is 6.76. The summed E-state index contributed by atoms with van der Waals surface area (Å²) >= 11 is 1.40. The third-order valence-corrected chi connectivity index (χ3v) is 2.44. The van der Waals surface area contributed by atoms with Crippen LogP contribution in [0.5, 0.6) is 0 Å². The van der Waals surface area contributed by atoms with E-state index in [2.05, 4.69) is 0 Å². The molecular weight excluding hydrogens is 156 g/mol. The summed E-state index contributed by atoms with van der Waals surface area (Å²) in [5.74, 6) is -2.44. The van der Waals surface area contributed by atoms with Gasteiger partial charge in [0.2, 0.25) is 0 Å². The van der Waals surface area contributed by atoms with Crippen molar-refractivity contribution in [3.63, 3.8) is 0 Å². The summed E-state index contributed by atoms with van der Waals surface area (Å²) in [6.45, 7) is 0.727. The number of hydrogen-bond acceptors (Lipinski definition) is 2. The van der Waals surface area contributed by atoms with Crippen LogP contribution in [0.4, 0.5) is 8.78 Å².